The van der Waals surface area contributed by atoms with E-state index < -0.39 is 0 Å². The van der Waals surface area contributed by atoms with Gasteiger partial charge in [-0.2, -0.15) is 5.10 Å². The fraction of sp³-hybridized carbons (Fsp3) is 0.500. The normalized spacial score (nSPS) is 17.6. The topological polar surface area (TPSA) is 71.5 Å². The van der Waals surface area contributed by atoms with Crippen molar-refractivity contribution in [2.75, 3.05) is 25.0 Å². The molecule has 2 aromatic rings. The van der Waals surface area contributed by atoms with Gasteiger partial charge in [0.15, 0.2) is 5.82 Å². The second-order valence-electron chi connectivity index (χ2n) is 7.42. The minimum atomic E-state index is -0.0189. The standard InChI is InChI=1S/C20H25N5O2/c1-14-7-9-18(23-22-14)25-12-16(13-25)24(2)20(26)15-8-10-19(21-11-15)27-17-5-3-4-6-17/h7-11,16-17H,3-6,12-13H2,1-2H3. The van der Waals surface area contributed by atoms with E-state index in [-0.39, 0.29) is 18.1 Å². The van der Waals surface area contributed by atoms with Gasteiger partial charge in [-0.1, -0.05) is 0 Å². The maximum atomic E-state index is 12.7. The summed E-state index contributed by atoms with van der Waals surface area (Å²) in [7, 11) is 1.84. The van der Waals surface area contributed by atoms with Gasteiger partial charge in [0.25, 0.3) is 5.91 Å². The number of anilines is 1. The molecule has 0 unspecified atom stereocenters. The van der Waals surface area contributed by atoms with Crippen LogP contribution in [0.1, 0.15) is 41.7 Å². The molecular formula is C20H25N5O2. The summed E-state index contributed by atoms with van der Waals surface area (Å²) in [6.45, 7) is 3.44. The van der Waals surface area contributed by atoms with Crippen LogP contribution in [0.3, 0.4) is 0 Å². The number of pyridine rings is 1. The fourth-order valence-electron chi connectivity index (χ4n) is 3.57. The molecular weight excluding hydrogens is 342 g/mol. The van der Waals surface area contributed by atoms with Gasteiger partial charge >= 0.3 is 0 Å². The first-order valence-electron chi connectivity index (χ1n) is 9.55. The second kappa shape index (κ2) is 7.50. The zero-order valence-corrected chi connectivity index (χ0v) is 15.8. The van der Waals surface area contributed by atoms with E-state index in [1.165, 1.54) is 12.8 Å². The van der Waals surface area contributed by atoms with E-state index in [0.717, 1.165) is 37.4 Å². The number of hydrogen-bond acceptors (Lipinski definition) is 6. The van der Waals surface area contributed by atoms with Crippen molar-refractivity contribution in [3.8, 4) is 5.88 Å². The van der Waals surface area contributed by atoms with Crippen LogP contribution in [0.25, 0.3) is 0 Å². The van der Waals surface area contributed by atoms with Crippen molar-refractivity contribution < 1.29 is 9.53 Å². The highest BCUT2D eigenvalue weighted by molar-refractivity contribution is 5.94. The highest BCUT2D eigenvalue weighted by atomic mass is 16.5. The van der Waals surface area contributed by atoms with Crippen LogP contribution in [0.2, 0.25) is 0 Å². The number of carbonyl (C=O) groups is 1. The SMILES string of the molecule is Cc1ccc(N2CC(N(C)C(=O)c3ccc(OC4CCCC4)nc3)C2)nn1. The largest absolute Gasteiger partial charge is 0.474 e. The molecule has 27 heavy (non-hydrogen) atoms. The van der Waals surface area contributed by atoms with E-state index in [9.17, 15) is 4.79 Å². The zero-order valence-electron chi connectivity index (χ0n) is 15.8. The number of hydrogen-bond donors (Lipinski definition) is 0. The summed E-state index contributed by atoms with van der Waals surface area (Å²) in [6, 6.07) is 7.68. The Hall–Kier alpha value is -2.70. The van der Waals surface area contributed by atoms with Crippen LogP contribution in [-0.4, -0.2) is 58.3 Å². The molecule has 2 aromatic heterocycles. The third-order valence-corrected chi connectivity index (χ3v) is 5.41. The van der Waals surface area contributed by atoms with Gasteiger partial charge in [-0.05, 0) is 50.8 Å². The van der Waals surface area contributed by atoms with Crippen molar-refractivity contribution in [3.63, 3.8) is 0 Å². The monoisotopic (exact) mass is 367 g/mol. The Labute approximate surface area is 159 Å². The first-order chi connectivity index (χ1) is 13.1. The molecule has 0 N–H and O–H groups in total. The third-order valence-electron chi connectivity index (χ3n) is 5.41. The van der Waals surface area contributed by atoms with E-state index in [1.54, 1.807) is 23.2 Å². The Kier molecular flexibility index (Phi) is 4.92. The van der Waals surface area contributed by atoms with Crippen LogP contribution >= 0.6 is 0 Å². The molecule has 0 spiro atoms. The number of likely N-dealkylation sites (N-methyl/N-ethyl adjacent to an activating group) is 1. The Bertz CT molecular complexity index is 781. The summed E-state index contributed by atoms with van der Waals surface area (Å²) in [5, 5.41) is 8.28. The fourth-order valence-corrected chi connectivity index (χ4v) is 3.57. The highest BCUT2D eigenvalue weighted by Crippen LogP contribution is 2.24. The van der Waals surface area contributed by atoms with Gasteiger partial charge in [0, 0.05) is 32.4 Å². The smallest absolute Gasteiger partial charge is 0.255 e. The van der Waals surface area contributed by atoms with Gasteiger partial charge in [0.2, 0.25) is 5.88 Å². The van der Waals surface area contributed by atoms with Crippen molar-refractivity contribution in [2.45, 2.75) is 44.8 Å². The minimum absolute atomic E-state index is 0.0189. The molecule has 142 valence electrons. The maximum Gasteiger partial charge on any atom is 0.255 e. The summed E-state index contributed by atoms with van der Waals surface area (Å²) in [6.07, 6.45) is 6.51. The maximum absolute atomic E-state index is 12.7. The lowest BCUT2D eigenvalue weighted by Gasteiger charge is -2.44. The van der Waals surface area contributed by atoms with Crippen molar-refractivity contribution in [1.29, 1.82) is 0 Å². The number of amides is 1. The molecule has 0 aromatic carbocycles. The predicted octanol–water partition coefficient (Wildman–Crippen LogP) is 2.46. The van der Waals surface area contributed by atoms with E-state index in [1.807, 2.05) is 26.1 Å². The Morgan fingerprint density at radius 1 is 1.15 bits per heavy atom. The van der Waals surface area contributed by atoms with Gasteiger partial charge in [0.05, 0.1) is 17.3 Å². The Morgan fingerprint density at radius 3 is 2.56 bits per heavy atom. The van der Waals surface area contributed by atoms with Gasteiger partial charge in [0.1, 0.15) is 6.10 Å². The van der Waals surface area contributed by atoms with Gasteiger partial charge in [-0.15, -0.1) is 5.10 Å². The Morgan fingerprint density at radius 2 is 1.93 bits per heavy atom. The molecule has 2 fully saturated rings. The minimum Gasteiger partial charge on any atom is -0.474 e. The molecule has 1 aliphatic carbocycles. The lowest BCUT2D eigenvalue weighted by atomic mass is 10.1. The predicted molar refractivity (Wildman–Crippen MR) is 102 cm³/mol. The van der Waals surface area contributed by atoms with Crippen LogP contribution in [0, 0.1) is 6.92 Å². The lowest BCUT2D eigenvalue weighted by molar-refractivity contribution is 0.0704. The van der Waals surface area contributed by atoms with Crippen LogP contribution in [0.4, 0.5) is 5.82 Å². The Balaban J connectivity index is 1.32. The van der Waals surface area contributed by atoms with Crippen molar-refractivity contribution in [3.05, 3.63) is 41.7 Å². The van der Waals surface area contributed by atoms with Crippen molar-refractivity contribution in [2.24, 2.45) is 0 Å². The molecule has 0 radical (unpaired) electrons. The van der Waals surface area contributed by atoms with Gasteiger partial charge < -0.3 is 14.5 Å². The molecule has 2 aliphatic rings. The van der Waals surface area contributed by atoms with E-state index in [0.29, 0.717) is 11.4 Å². The molecule has 1 amide bonds. The number of aromatic nitrogens is 3. The molecule has 4 rings (SSSR count). The quantitative estimate of drug-likeness (QED) is 0.808. The van der Waals surface area contributed by atoms with Crippen LogP contribution in [0.15, 0.2) is 30.5 Å². The van der Waals surface area contributed by atoms with E-state index >= 15 is 0 Å². The second-order valence-corrected chi connectivity index (χ2v) is 7.42. The molecule has 0 atom stereocenters. The molecule has 7 heteroatoms. The zero-order chi connectivity index (χ0) is 18.8. The van der Waals surface area contributed by atoms with Crippen LogP contribution in [-0.2, 0) is 0 Å². The summed E-state index contributed by atoms with van der Waals surface area (Å²) >= 11 is 0. The number of rotatable bonds is 5. The lowest BCUT2D eigenvalue weighted by Crippen LogP contribution is -2.60. The summed E-state index contributed by atoms with van der Waals surface area (Å²) in [5.41, 5.74) is 1.49. The van der Waals surface area contributed by atoms with Crippen LogP contribution in [0.5, 0.6) is 5.88 Å². The van der Waals surface area contributed by atoms with E-state index in [4.69, 9.17) is 4.74 Å². The van der Waals surface area contributed by atoms with Gasteiger partial charge in [-0.25, -0.2) is 4.98 Å². The molecule has 1 saturated carbocycles. The van der Waals surface area contributed by atoms with Crippen molar-refractivity contribution in [1.82, 2.24) is 20.1 Å². The molecule has 1 saturated heterocycles. The average molecular weight is 367 g/mol. The number of carbonyl (C=O) groups excluding carboxylic acids is 1. The number of ether oxygens (including phenoxy) is 1. The molecule has 7 nitrogen and oxygen atoms in total. The summed E-state index contributed by atoms with van der Waals surface area (Å²) in [5.74, 6) is 1.44. The van der Waals surface area contributed by atoms with E-state index in [2.05, 4.69) is 20.1 Å². The summed E-state index contributed by atoms with van der Waals surface area (Å²) in [4.78, 5) is 20.9. The number of aryl methyl sites for hydroxylation is 1. The third kappa shape index (κ3) is 3.86. The first-order valence-corrected chi connectivity index (χ1v) is 9.55. The average Bonchev–Trinajstić information content (AvgIpc) is 3.15. The highest BCUT2D eigenvalue weighted by Gasteiger charge is 2.33. The molecule has 3 heterocycles. The summed E-state index contributed by atoms with van der Waals surface area (Å²) < 4.78 is 5.87. The van der Waals surface area contributed by atoms with Crippen molar-refractivity contribution >= 4 is 11.7 Å². The molecule has 1 aliphatic heterocycles. The van der Waals surface area contributed by atoms with Gasteiger partial charge in [-0.3, -0.25) is 4.79 Å². The number of nitrogens with zero attached hydrogens (tertiary/aromatic N) is 5. The first kappa shape index (κ1) is 17.7. The molecule has 0 bridgehead atoms. The van der Waals surface area contributed by atoms with Crippen LogP contribution < -0.4 is 9.64 Å².